The molecule has 2 amide bonds. The molecule has 2 unspecified atom stereocenters. The summed E-state index contributed by atoms with van der Waals surface area (Å²) in [5.41, 5.74) is -0.551. The number of para-hydroxylation sites is 1. The van der Waals surface area contributed by atoms with E-state index >= 15 is 0 Å². The molecule has 11 nitrogen and oxygen atoms in total. The van der Waals surface area contributed by atoms with Crippen LogP contribution in [0.1, 0.15) is 51.9 Å². The van der Waals surface area contributed by atoms with E-state index in [1.807, 2.05) is 31.2 Å². The summed E-state index contributed by atoms with van der Waals surface area (Å²) < 4.78 is 14.0. The highest BCUT2D eigenvalue weighted by Crippen LogP contribution is 2.63. The van der Waals surface area contributed by atoms with E-state index in [-0.39, 0.29) is 38.2 Å². The van der Waals surface area contributed by atoms with Crippen molar-refractivity contribution in [1.29, 1.82) is 0 Å². The number of esters is 1. The van der Waals surface area contributed by atoms with Gasteiger partial charge in [-0.15, -0.1) is 18.3 Å². The number of aromatic nitrogens is 3. The van der Waals surface area contributed by atoms with Crippen molar-refractivity contribution in [2.45, 2.75) is 75.8 Å². The largest absolute Gasteiger partial charge is 0.465 e. The van der Waals surface area contributed by atoms with Crippen molar-refractivity contribution in [1.82, 2.24) is 24.8 Å². The Kier molecular flexibility index (Phi) is 8.79. The van der Waals surface area contributed by atoms with Crippen molar-refractivity contribution in [3.05, 3.63) is 49.6 Å². The van der Waals surface area contributed by atoms with Gasteiger partial charge in [0.25, 0.3) is 0 Å². The first kappa shape index (κ1) is 29.9. The minimum absolute atomic E-state index is 0.0586. The molecule has 0 radical (unpaired) electrons. The maximum Gasteiger partial charge on any atom is 0.312 e. The number of rotatable bonds is 15. The van der Waals surface area contributed by atoms with Gasteiger partial charge in [0.1, 0.15) is 29.7 Å². The van der Waals surface area contributed by atoms with Crippen LogP contribution in [0.5, 0.6) is 0 Å². The van der Waals surface area contributed by atoms with Crippen LogP contribution < -0.4 is 0 Å². The number of aliphatic hydroxyl groups excluding tert-OH is 1. The third kappa shape index (κ3) is 5.13. The SMILES string of the molecule is C=CCCCOC(=O)[C@@H]1[C@H]2C(=O)N(CCCCCO)C(C(=O)N(CC=C)Cn3nnc4ccccc43)C23CC[C@@]1(C)O3. The van der Waals surface area contributed by atoms with Crippen LogP contribution in [0.15, 0.2) is 49.6 Å². The molecule has 1 N–H and O–H groups in total. The van der Waals surface area contributed by atoms with Crippen LogP contribution in [-0.4, -0.2) is 91.2 Å². The number of unbranched alkanes of at least 4 members (excludes halogenated alkanes) is 3. The molecule has 2 bridgehead atoms. The molecule has 4 heterocycles. The van der Waals surface area contributed by atoms with Gasteiger partial charge in [-0.1, -0.05) is 29.5 Å². The van der Waals surface area contributed by atoms with Crippen molar-refractivity contribution in [2.75, 3.05) is 26.3 Å². The molecular weight excluding hydrogens is 538 g/mol. The van der Waals surface area contributed by atoms with Crippen molar-refractivity contribution in [2.24, 2.45) is 11.8 Å². The Bertz CT molecular complexity index is 1340. The Hall–Kier alpha value is -3.57. The monoisotopic (exact) mass is 579 g/mol. The molecule has 0 saturated carbocycles. The van der Waals surface area contributed by atoms with Crippen molar-refractivity contribution in [3.63, 3.8) is 0 Å². The Labute approximate surface area is 246 Å². The zero-order valence-electron chi connectivity index (χ0n) is 24.3. The standard InChI is InChI=1S/C31H41N5O6/c1-4-6-12-20-41-29(40)25-24-27(38)35(18-10-7-11-19-37)26(31(24)16-15-30(25,3)42-31)28(39)34(17-5-2)21-36-23-14-9-8-13-22(23)32-33-36/h4-5,8-9,13-14,24-26,37H,1-2,6-7,10-12,15-21H2,3H3/t24-,25-,26?,30+,31?/m0/s1. The van der Waals surface area contributed by atoms with Gasteiger partial charge in [-0.25, -0.2) is 4.68 Å². The Balaban J connectivity index is 1.47. The number of ether oxygens (including phenoxy) is 2. The molecule has 42 heavy (non-hydrogen) atoms. The van der Waals surface area contributed by atoms with Crippen LogP contribution >= 0.6 is 0 Å². The number of benzene rings is 1. The Morgan fingerprint density at radius 1 is 1.19 bits per heavy atom. The number of hydrogen-bond donors (Lipinski definition) is 1. The van der Waals surface area contributed by atoms with E-state index in [9.17, 15) is 19.5 Å². The molecule has 0 aliphatic carbocycles. The van der Waals surface area contributed by atoms with E-state index in [0.717, 1.165) is 11.9 Å². The molecule has 3 fully saturated rings. The topological polar surface area (TPSA) is 127 Å². The van der Waals surface area contributed by atoms with Crippen LogP contribution in [0, 0.1) is 11.8 Å². The lowest BCUT2D eigenvalue weighted by molar-refractivity contribution is -0.160. The number of nitrogens with zero attached hydrogens (tertiary/aromatic N) is 5. The molecule has 226 valence electrons. The van der Waals surface area contributed by atoms with E-state index in [1.54, 1.807) is 26.6 Å². The zero-order valence-corrected chi connectivity index (χ0v) is 24.3. The fourth-order valence-electron chi connectivity index (χ4n) is 7.09. The summed E-state index contributed by atoms with van der Waals surface area (Å²) in [5, 5.41) is 17.8. The quantitative estimate of drug-likeness (QED) is 0.194. The van der Waals surface area contributed by atoms with E-state index in [1.165, 1.54) is 0 Å². The van der Waals surface area contributed by atoms with Gasteiger partial charge in [0.2, 0.25) is 11.8 Å². The second-order valence-electron chi connectivity index (χ2n) is 11.7. The summed E-state index contributed by atoms with van der Waals surface area (Å²) in [5.74, 6) is -2.60. The van der Waals surface area contributed by atoms with E-state index in [4.69, 9.17) is 9.47 Å². The lowest BCUT2D eigenvalue weighted by Crippen LogP contribution is -2.56. The highest BCUT2D eigenvalue weighted by molar-refractivity contribution is 5.98. The summed E-state index contributed by atoms with van der Waals surface area (Å²) in [7, 11) is 0. The number of hydrogen-bond acceptors (Lipinski definition) is 8. The van der Waals surface area contributed by atoms with Gasteiger partial charge in [-0.3, -0.25) is 14.4 Å². The lowest BCUT2D eigenvalue weighted by atomic mass is 9.66. The summed E-state index contributed by atoms with van der Waals surface area (Å²) in [6.07, 6.45) is 7.73. The second-order valence-corrected chi connectivity index (χ2v) is 11.7. The molecule has 1 spiro atoms. The second kappa shape index (κ2) is 12.3. The highest BCUT2D eigenvalue weighted by atomic mass is 16.6. The molecule has 5 rings (SSSR count). The maximum atomic E-state index is 14.6. The number of carbonyl (C=O) groups is 3. The summed E-state index contributed by atoms with van der Waals surface area (Å²) in [6, 6.07) is 6.59. The fraction of sp³-hybridized carbons (Fsp3) is 0.581. The van der Waals surface area contributed by atoms with Crippen molar-refractivity contribution >= 4 is 28.8 Å². The minimum atomic E-state index is -1.14. The number of fused-ring (bicyclic) bond motifs is 2. The van der Waals surface area contributed by atoms with Crippen molar-refractivity contribution in [3.8, 4) is 0 Å². The molecule has 3 aliphatic rings. The van der Waals surface area contributed by atoms with E-state index in [2.05, 4.69) is 23.5 Å². The maximum absolute atomic E-state index is 14.6. The highest BCUT2D eigenvalue weighted by Gasteiger charge is 2.78. The third-order valence-electron chi connectivity index (χ3n) is 9.00. The van der Waals surface area contributed by atoms with Gasteiger partial charge in [-0.2, -0.15) is 0 Å². The lowest BCUT2D eigenvalue weighted by Gasteiger charge is -2.36. The van der Waals surface area contributed by atoms with E-state index in [0.29, 0.717) is 50.6 Å². The molecule has 2 aromatic rings. The summed E-state index contributed by atoms with van der Waals surface area (Å²) >= 11 is 0. The minimum Gasteiger partial charge on any atom is -0.465 e. The molecule has 11 heteroatoms. The first-order valence-corrected chi connectivity index (χ1v) is 14.9. The van der Waals surface area contributed by atoms with Gasteiger partial charge in [0, 0.05) is 19.7 Å². The number of likely N-dealkylation sites (tertiary alicyclic amines) is 1. The van der Waals surface area contributed by atoms with Crippen molar-refractivity contribution < 1.29 is 29.0 Å². The van der Waals surface area contributed by atoms with Crippen LogP contribution in [0.3, 0.4) is 0 Å². The predicted molar refractivity (Wildman–Crippen MR) is 155 cm³/mol. The first-order valence-electron chi connectivity index (χ1n) is 14.9. The van der Waals surface area contributed by atoms with Gasteiger partial charge >= 0.3 is 5.97 Å². The van der Waals surface area contributed by atoms with Gasteiger partial charge in [0.05, 0.1) is 23.6 Å². The fourth-order valence-corrected chi connectivity index (χ4v) is 7.09. The van der Waals surface area contributed by atoms with Gasteiger partial charge in [-0.05, 0) is 64.0 Å². The van der Waals surface area contributed by atoms with Crippen LogP contribution in [-0.2, 0) is 30.5 Å². The first-order chi connectivity index (χ1) is 20.3. The molecule has 5 atom stereocenters. The number of carbonyl (C=O) groups excluding carboxylic acids is 3. The summed E-state index contributed by atoms with van der Waals surface area (Å²) in [4.78, 5) is 45.5. The molecular formula is C31H41N5O6. The molecule has 3 aliphatic heterocycles. The molecule has 1 aromatic heterocycles. The molecule has 3 saturated heterocycles. The van der Waals surface area contributed by atoms with Gasteiger partial charge < -0.3 is 24.4 Å². The van der Waals surface area contributed by atoms with Crippen LogP contribution in [0.2, 0.25) is 0 Å². The predicted octanol–water partition coefficient (Wildman–Crippen LogP) is 2.84. The molecule has 1 aromatic carbocycles. The van der Waals surface area contributed by atoms with Crippen LogP contribution in [0.4, 0.5) is 0 Å². The Morgan fingerprint density at radius 2 is 2.00 bits per heavy atom. The summed E-state index contributed by atoms with van der Waals surface area (Å²) in [6.45, 7) is 10.4. The average Bonchev–Trinajstić information content (AvgIpc) is 3.68. The zero-order chi connectivity index (χ0) is 29.9. The van der Waals surface area contributed by atoms with Gasteiger partial charge in [0.15, 0.2) is 0 Å². The average molecular weight is 580 g/mol. The van der Waals surface area contributed by atoms with E-state index < -0.39 is 35.0 Å². The number of aliphatic hydroxyl groups is 1. The Morgan fingerprint density at radius 3 is 2.76 bits per heavy atom. The smallest absolute Gasteiger partial charge is 0.312 e. The normalized spacial score (nSPS) is 27.8. The van der Waals surface area contributed by atoms with Crippen LogP contribution in [0.25, 0.3) is 11.0 Å². The number of amides is 2. The number of allylic oxidation sites excluding steroid dienone is 1. The third-order valence-corrected chi connectivity index (χ3v) is 9.00.